The third-order valence-electron chi connectivity index (χ3n) is 3.06. The van der Waals surface area contributed by atoms with E-state index >= 15 is 0 Å². The Hall–Kier alpha value is -2.12. The van der Waals surface area contributed by atoms with Crippen LogP contribution in [0.5, 0.6) is 5.75 Å². The summed E-state index contributed by atoms with van der Waals surface area (Å²) < 4.78 is 5.33. The van der Waals surface area contributed by atoms with E-state index < -0.39 is 6.10 Å². The van der Waals surface area contributed by atoms with Gasteiger partial charge in [-0.1, -0.05) is 17.8 Å². The molecule has 108 valence electrons. The molecule has 0 aliphatic carbocycles. The number of H-pyrrole nitrogens is 1. The highest BCUT2D eigenvalue weighted by Gasteiger charge is 2.17. The van der Waals surface area contributed by atoms with Crippen molar-refractivity contribution in [2.45, 2.75) is 22.9 Å². The summed E-state index contributed by atoms with van der Waals surface area (Å²) in [4.78, 5) is 16.4. The highest BCUT2D eigenvalue weighted by atomic mass is 32.2. The van der Waals surface area contributed by atoms with E-state index in [0.29, 0.717) is 11.4 Å². The molecular weight excluding hydrogens is 288 g/mol. The average Bonchev–Trinajstić information content (AvgIpc) is 2.96. The summed E-state index contributed by atoms with van der Waals surface area (Å²) >= 11 is 1.44. The Morgan fingerprint density at radius 2 is 2.14 bits per heavy atom. The van der Waals surface area contributed by atoms with Gasteiger partial charge in [0.25, 0.3) is 0 Å². The molecule has 21 heavy (non-hydrogen) atoms. The highest BCUT2D eigenvalue weighted by Crippen LogP contribution is 2.38. The van der Waals surface area contributed by atoms with Gasteiger partial charge in [-0.05, 0) is 19.1 Å². The lowest BCUT2D eigenvalue weighted by Crippen LogP contribution is -1.99. The Kier molecular flexibility index (Phi) is 3.76. The predicted octanol–water partition coefficient (Wildman–Crippen LogP) is 2.57. The molecule has 3 aromatic rings. The van der Waals surface area contributed by atoms with Crippen LogP contribution >= 0.6 is 11.8 Å². The number of imidazole rings is 1. The third-order valence-corrected chi connectivity index (χ3v) is 4.14. The maximum atomic E-state index is 10.0. The second kappa shape index (κ2) is 5.71. The zero-order valence-corrected chi connectivity index (χ0v) is 12.4. The van der Waals surface area contributed by atoms with Crippen LogP contribution in [0.4, 0.5) is 0 Å². The van der Waals surface area contributed by atoms with Gasteiger partial charge in [-0.25, -0.2) is 15.0 Å². The van der Waals surface area contributed by atoms with Gasteiger partial charge in [-0.15, -0.1) is 0 Å². The van der Waals surface area contributed by atoms with E-state index in [0.717, 1.165) is 21.0 Å². The van der Waals surface area contributed by atoms with Gasteiger partial charge in [0.2, 0.25) is 0 Å². The molecule has 0 radical (unpaired) electrons. The number of ether oxygens (including phenoxy) is 1. The lowest BCUT2D eigenvalue weighted by atomic mass is 10.1. The van der Waals surface area contributed by atoms with Crippen LogP contribution in [0.25, 0.3) is 11.2 Å². The number of methoxy groups -OCH3 is 1. The van der Waals surface area contributed by atoms with Crippen molar-refractivity contribution < 1.29 is 9.84 Å². The predicted molar refractivity (Wildman–Crippen MR) is 79.4 cm³/mol. The van der Waals surface area contributed by atoms with Crippen LogP contribution < -0.4 is 4.74 Å². The zero-order valence-electron chi connectivity index (χ0n) is 11.6. The van der Waals surface area contributed by atoms with Gasteiger partial charge in [-0.2, -0.15) is 0 Å². The van der Waals surface area contributed by atoms with Gasteiger partial charge in [0, 0.05) is 10.5 Å². The summed E-state index contributed by atoms with van der Waals surface area (Å²) in [7, 11) is 1.59. The van der Waals surface area contributed by atoms with Crippen molar-refractivity contribution >= 4 is 22.9 Å². The number of aromatic amines is 1. The molecule has 1 aromatic carbocycles. The second-order valence-corrected chi connectivity index (χ2v) is 5.46. The molecule has 0 spiro atoms. The lowest BCUT2D eigenvalue weighted by Gasteiger charge is -2.15. The molecular formula is C14H14N4O2S. The minimum atomic E-state index is -0.636. The van der Waals surface area contributed by atoms with Gasteiger partial charge < -0.3 is 14.8 Å². The average molecular weight is 302 g/mol. The molecule has 0 aliphatic heterocycles. The van der Waals surface area contributed by atoms with Crippen LogP contribution in [0.2, 0.25) is 0 Å². The minimum absolute atomic E-state index is 0.619. The molecule has 3 rings (SSSR count). The van der Waals surface area contributed by atoms with Gasteiger partial charge in [0.1, 0.15) is 22.6 Å². The molecule has 0 aliphatic rings. The summed E-state index contributed by atoms with van der Waals surface area (Å²) in [5.41, 5.74) is 2.15. The van der Waals surface area contributed by atoms with Crippen LogP contribution in [0.3, 0.4) is 0 Å². The van der Waals surface area contributed by atoms with Crippen molar-refractivity contribution in [2.24, 2.45) is 0 Å². The molecule has 1 atom stereocenters. The van der Waals surface area contributed by atoms with E-state index in [1.165, 1.54) is 18.1 Å². The third kappa shape index (κ3) is 2.57. The van der Waals surface area contributed by atoms with E-state index in [2.05, 4.69) is 19.9 Å². The smallest absolute Gasteiger partial charge is 0.181 e. The van der Waals surface area contributed by atoms with Crippen LogP contribution in [0.1, 0.15) is 18.6 Å². The standard InChI is InChI=1S/C14H14N4O2S/c1-8(19)11-9(20-2)4-3-5-10(11)21-14-12-13(16-6-15-12)17-7-18-14/h3-8,19H,1-2H3,(H,15,16,17,18)/t8-/m1/s1. The summed E-state index contributed by atoms with van der Waals surface area (Å²) in [6.07, 6.45) is 2.43. The molecule has 6 nitrogen and oxygen atoms in total. The van der Waals surface area contributed by atoms with Gasteiger partial charge >= 0.3 is 0 Å². The Morgan fingerprint density at radius 1 is 1.29 bits per heavy atom. The van der Waals surface area contributed by atoms with Gasteiger partial charge in [0.15, 0.2) is 5.65 Å². The summed E-state index contributed by atoms with van der Waals surface area (Å²) in [5.74, 6) is 0.657. The molecule has 0 amide bonds. The summed E-state index contributed by atoms with van der Waals surface area (Å²) in [5, 5.41) is 10.8. The van der Waals surface area contributed by atoms with Gasteiger partial charge in [0.05, 0.1) is 19.5 Å². The molecule has 0 saturated heterocycles. The molecule has 2 N–H and O–H groups in total. The molecule has 0 unspecified atom stereocenters. The lowest BCUT2D eigenvalue weighted by molar-refractivity contribution is 0.191. The number of rotatable bonds is 4. The fourth-order valence-electron chi connectivity index (χ4n) is 2.13. The summed E-state index contributed by atoms with van der Waals surface area (Å²) in [6.45, 7) is 1.72. The molecule has 7 heteroatoms. The molecule has 2 aromatic heterocycles. The normalized spacial score (nSPS) is 12.5. The van der Waals surface area contributed by atoms with Crippen molar-refractivity contribution in [2.75, 3.05) is 7.11 Å². The first-order chi connectivity index (χ1) is 10.2. The van der Waals surface area contributed by atoms with Crippen molar-refractivity contribution in [1.29, 1.82) is 0 Å². The number of aliphatic hydroxyl groups excluding tert-OH is 1. The van der Waals surface area contributed by atoms with E-state index in [4.69, 9.17) is 4.74 Å². The van der Waals surface area contributed by atoms with E-state index in [1.54, 1.807) is 20.4 Å². The zero-order chi connectivity index (χ0) is 14.8. The number of nitrogens with zero attached hydrogens (tertiary/aromatic N) is 3. The number of aliphatic hydroxyl groups is 1. The van der Waals surface area contributed by atoms with Crippen LogP contribution in [-0.4, -0.2) is 32.2 Å². The fourth-order valence-corrected chi connectivity index (χ4v) is 3.22. The first-order valence-corrected chi connectivity index (χ1v) is 7.19. The van der Waals surface area contributed by atoms with E-state index in [1.807, 2.05) is 18.2 Å². The Labute approximate surface area is 125 Å². The topological polar surface area (TPSA) is 83.9 Å². The Bertz CT molecular complexity index is 773. The first kappa shape index (κ1) is 13.8. The van der Waals surface area contributed by atoms with Crippen LogP contribution in [-0.2, 0) is 0 Å². The largest absolute Gasteiger partial charge is 0.496 e. The SMILES string of the molecule is COc1cccc(Sc2ncnc3nc[nH]c23)c1[C@@H](C)O. The van der Waals surface area contributed by atoms with Crippen molar-refractivity contribution in [3.63, 3.8) is 0 Å². The van der Waals surface area contributed by atoms with Crippen LogP contribution in [0, 0.1) is 0 Å². The molecule has 0 bridgehead atoms. The Balaban J connectivity index is 2.07. The quantitative estimate of drug-likeness (QED) is 0.721. The fraction of sp³-hybridized carbons (Fsp3) is 0.214. The second-order valence-electron chi connectivity index (χ2n) is 4.43. The number of hydrogen-bond acceptors (Lipinski definition) is 6. The first-order valence-electron chi connectivity index (χ1n) is 6.37. The molecule has 2 heterocycles. The van der Waals surface area contributed by atoms with Crippen molar-refractivity contribution in [3.8, 4) is 5.75 Å². The van der Waals surface area contributed by atoms with Gasteiger partial charge in [-0.3, -0.25) is 0 Å². The molecule has 0 saturated carbocycles. The number of benzene rings is 1. The number of fused-ring (bicyclic) bond motifs is 1. The maximum Gasteiger partial charge on any atom is 0.181 e. The van der Waals surface area contributed by atoms with Crippen LogP contribution in [0.15, 0.2) is 40.8 Å². The van der Waals surface area contributed by atoms with Crippen molar-refractivity contribution in [3.05, 3.63) is 36.4 Å². The maximum absolute atomic E-state index is 10.0. The molecule has 0 fully saturated rings. The van der Waals surface area contributed by atoms with E-state index in [-0.39, 0.29) is 0 Å². The Morgan fingerprint density at radius 3 is 2.90 bits per heavy atom. The summed E-state index contributed by atoms with van der Waals surface area (Å²) in [6, 6.07) is 5.65. The number of nitrogens with one attached hydrogen (secondary N) is 1. The van der Waals surface area contributed by atoms with E-state index in [9.17, 15) is 5.11 Å². The minimum Gasteiger partial charge on any atom is -0.496 e. The van der Waals surface area contributed by atoms with Crippen molar-refractivity contribution in [1.82, 2.24) is 19.9 Å². The monoisotopic (exact) mass is 302 g/mol. The number of hydrogen-bond donors (Lipinski definition) is 2. The highest BCUT2D eigenvalue weighted by molar-refractivity contribution is 7.99. The number of aromatic nitrogens is 4.